The summed E-state index contributed by atoms with van der Waals surface area (Å²) in [7, 11) is 0. The van der Waals surface area contributed by atoms with Gasteiger partial charge in [0.1, 0.15) is 5.75 Å². The normalized spacial score (nSPS) is 10.7. The molecular formula is C14H17ClN2OS. The van der Waals surface area contributed by atoms with Gasteiger partial charge < -0.3 is 15.8 Å². The highest BCUT2D eigenvalue weighted by molar-refractivity contribution is 7.16. The first-order valence-electron chi connectivity index (χ1n) is 6.08. The predicted octanol–water partition coefficient (Wildman–Crippen LogP) is 4.38. The second-order valence-corrected chi connectivity index (χ2v) is 6.32. The van der Waals surface area contributed by atoms with Crippen molar-refractivity contribution in [3.63, 3.8) is 0 Å². The van der Waals surface area contributed by atoms with Gasteiger partial charge in [0.25, 0.3) is 0 Å². The van der Waals surface area contributed by atoms with Crippen LogP contribution >= 0.6 is 22.9 Å². The minimum absolute atomic E-state index is 0.130. The molecule has 1 aromatic heterocycles. The largest absolute Gasteiger partial charge is 0.491 e. The first-order valence-corrected chi connectivity index (χ1v) is 7.27. The zero-order chi connectivity index (χ0) is 13.8. The minimum Gasteiger partial charge on any atom is -0.491 e. The van der Waals surface area contributed by atoms with Crippen molar-refractivity contribution in [2.24, 2.45) is 0 Å². The van der Waals surface area contributed by atoms with Gasteiger partial charge in [-0.15, -0.1) is 11.3 Å². The summed E-state index contributed by atoms with van der Waals surface area (Å²) in [4.78, 5) is 1.18. The van der Waals surface area contributed by atoms with Gasteiger partial charge in [-0.25, -0.2) is 0 Å². The number of ether oxygens (including phenoxy) is 1. The summed E-state index contributed by atoms with van der Waals surface area (Å²) >= 11 is 7.47. The van der Waals surface area contributed by atoms with Crippen LogP contribution < -0.4 is 15.8 Å². The van der Waals surface area contributed by atoms with Gasteiger partial charge >= 0.3 is 0 Å². The minimum atomic E-state index is 0.130. The summed E-state index contributed by atoms with van der Waals surface area (Å²) in [6.07, 6.45) is 0.130. The Kier molecular flexibility index (Phi) is 4.56. The molecule has 3 nitrogen and oxygen atoms in total. The topological polar surface area (TPSA) is 47.3 Å². The van der Waals surface area contributed by atoms with E-state index in [0.29, 0.717) is 5.69 Å². The Morgan fingerprint density at radius 2 is 2.11 bits per heavy atom. The molecule has 0 spiro atoms. The van der Waals surface area contributed by atoms with Gasteiger partial charge in [0.05, 0.1) is 10.4 Å². The molecule has 0 saturated carbocycles. The van der Waals surface area contributed by atoms with E-state index >= 15 is 0 Å². The number of thiophene rings is 1. The summed E-state index contributed by atoms with van der Waals surface area (Å²) in [5.41, 5.74) is 7.50. The smallest absolute Gasteiger partial charge is 0.123 e. The van der Waals surface area contributed by atoms with Gasteiger partial charge in [0.2, 0.25) is 0 Å². The van der Waals surface area contributed by atoms with E-state index in [-0.39, 0.29) is 6.10 Å². The number of nitrogens with one attached hydrogen (secondary N) is 1. The highest BCUT2D eigenvalue weighted by atomic mass is 35.5. The molecule has 0 fully saturated rings. The second-order valence-electron chi connectivity index (χ2n) is 4.52. The molecule has 2 aromatic rings. The van der Waals surface area contributed by atoms with Crippen LogP contribution in [0.2, 0.25) is 4.34 Å². The third kappa shape index (κ3) is 4.33. The molecule has 3 N–H and O–H groups in total. The molecule has 19 heavy (non-hydrogen) atoms. The van der Waals surface area contributed by atoms with Crippen LogP contribution in [-0.4, -0.2) is 6.10 Å². The van der Waals surface area contributed by atoms with E-state index in [1.807, 2.05) is 44.2 Å². The molecule has 0 aliphatic rings. The molecule has 0 bridgehead atoms. The van der Waals surface area contributed by atoms with Crippen LogP contribution in [0.15, 0.2) is 30.3 Å². The Bertz CT molecular complexity index is 554. The summed E-state index contributed by atoms with van der Waals surface area (Å²) in [5.74, 6) is 0.779. The maximum absolute atomic E-state index is 5.90. The van der Waals surface area contributed by atoms with Crippen LogP contribution in [-0.2, 0) is 6.54 Å². The quantitative estimate of drug-likeness (QED) is 0.805. The molecule has 0 aliphatic carbocycles. The van der Waals surface area contributed by atoms with Crippen molar-refractivity contribution in [3.8, 4) is 5.75 Å². The fraction of sp³-hybridized carbons (Fsp3) is 0.286. The summed E-state index contributed by atoms with van der Waals surface area (Å²) in [6.45, 7) is 4.70. The fourth-order valence-electron chi connectivity index (χ4n) is 1.70. The van der Waals surface area contributed by atoms with Gasteiger partial charge in [-0.2, -0.15) is 0 Å². The van der Waals surface area contributed by atoms with Crippen LogP contribution in [0.5, 0.6) is 5.75 Å². The van der Waals surface area contributed by atoms with Crippen molar-refractivity contribution < 1.29 is 4.74 Å². The second kappa shape index (κ2) is 6.17. The highest BCUT2D eigenvalue weighted by Crippen LogP contribution is 2.26. The monoisotopic (exact) mass is 296 g/mol. The molecule has 1 aromatic carbocycles. The standard InChI is InChI=1S/C14H17ClN2OS/c1-9(2)18-12-6-10(16)5-11(7-12)17-8-13-3-4-14(15)19-13/h3-7,9,17H,8,16H2,1-2H3. The lowest BCUT2D eigenvalue weighted by Crippen LogP contribution is -2.06. The number of nitrogens with two attached hydrogens (primary N) is 1. The van der Waals surface area contributed by atoms with Crippen molar-refractivity contribution in [2.45, 2.75) is 26.5 Å². The Balaban J connectivity index is 2.05. The SMILES string of the molecule is CC(C)Oc1cc(N)cc(NCc2ccc(Cl)s2)c1. The Morgan fingerprint density at radius 3 is 2.74 bits per heavy atom. The van der Waals surface area contributed by atoms with Crippen LogP contribution in [0.3, 0.4) is 0 Å². The maximum Gasteiger partial charge on any atom is 0.123 e. The van der Waals surface area contributed by atoms with E-state index in [2.05, 4.69) is 5.32 Å². The van der Waals surface area contributed by atoms with Crippen molar-refractivity contribution >= 4 is 34.3 Å². The van der Waals surface area contributed by atoms with E-state index in [9.17, 15) is 0 Å². The molecule has 1 heterocycles. The number of hydrogen-bond donors (Lipinski definition) is 2. The third-order valence-corrected chi connectivity index (χ3v) is 3.63. The number of anilines is 2. The number of rotatable bonds is 5. The first-order chi connectivity index (χ1) is 9.02. The van der Waals surface area contributed by atoms with Crippen molar-refractivity contribution in [1.82, 2.24) is 0 Å². The van der Waals surface area contributed by atoms with E-state index < -0.39 is 0 Å². The molecule has 0 aliphatic heterocycles. The molecule has 2 rings (SSSR count). The fourth-order valence-corrected chi connectivity index (χ4v) is 2.73. The Labute approximate surface area is 122 Å². The lowest BCUT2D eigenvalue weighted by Gasteiger charge is -2.13. The Morgan fingerprint density at radius 1 is 1.32 bits per heavy atom. The van der Waals surface area contributed by atoms with Gasteiger partial charge in [-0.05, 0) is 32.0 Å². The zero-order valence-corrected chi connectivity index (χ0v) is 12.5. The number of hydrogen-bond acceptors (Lipinski definition) is 4. The molecule has 0 amide bonds. The van der Waals surface area contributed by atoms with Crippen molar-refractivity contribution in [2.75, 3.05) is 11.1 Å². The molecular weight excluding hydrogens is 280 g/mol. The van der Waals surface area contributed by atoms with Crippen LogP contribution in [0, 0.1) is 0 Å². The average Bonchev–Trinajstić information content (AvgIpc) is 2.71. The predicted molar refractivity (Wildman–Crippen MR) is 83.3 cm³/mol. The number of nitrogen functional groups attached to an aromatic ring is 1. The van der Waals surface area contributed by atoms with Gasteiger partial charge in [0, 0.05) is 34.9 Å². The maximum atomic E-state index is 5.90. The van der Waals surface area contributed by atoms with Crippen molar-refractivity contribution in [1.29, 1.82) is 0 Å². The average molecular weight is 297 g/mol. The third-order valence-electron chi connectivity index (χ3n) is 2.40. The van der Waals surface area contributed by atoms with Gasteiger partial charge in [0.15, 0.2) is 0 Å². The number of benzene rings is 1. The highest BCUT2D eigenvalue weighted by Gasteiger charge is 2.03. The van der Waals surface area contributed by atoms with Gasteiger partial charge in [-0.3, -0.25) is 0 Å². The molecule has 102 valence electrons. The Hall–Kier alpha value is -1.39. The van der Waals surface area contributed by atoms with Crippen LogP contribution in [0.1, 0.15) is 18.7 Å². The zero-order valence-electron chi connectivity index (χ0n) is 10.9. The number of halogens is 1. The van der Waals surface area contributed by atoms with E-state index in [4.69, 9.17) is 22.1 Å². The summed E-state index contributed by atoms with van der Waals surface area (Å²) in [6, 6.07) is 9.58. The van der Waals surface area contributed by atoms with E-state index in [1.54, 1.807) is 11.3 Å². The molecule has 5 heteroatoms. The summed E-state index contributed by atoms with van der Waals surface area (Å²) in [5, 5.41) is 3.32. The molecule has 0 saturated heterocycles. The lowest BCUT2D eigenvalue weighted by molar-refractivity contribution is 0.242. The molecule has 0 radical (unpaired) electrons. The van der Waals surface area contributed by atoms with Crippen molar-refractivity contribution in [3.05, 3.63) is 39.5 Å². The molecule has 0 unspecified atom stereocenters. The van der Waals surface area contributed by atoms with E-state index in [1.165, 1.54) is 4.88 Å². The van der Waals surface area contributed by atoms with Gasteiger partial charge in [-0.1, -0.05) is 11.6 Å². The van der Waals surface area contributed by atoms with E-state index in [0.717, 1.165) is 22.3 Å². The van der Waals surface area contributed by atoms with Crippen LogP contribution in [0.25, 0.3) is 0 Å². The molecule has 0 atom stereocenters. The summed E-state index contributed by atoms with van der Waals surface area (Å²) < 4.78 is 6.45. The lowest BCUT2D eigenvalue weighted by atomic mass is 10.2. The first kappa shape index (κ1) is 14.0. The van der Waals surface area contributed by atoms with Crippen LogP contribution in [0.4, 0.5) is 11.4 Å².